The molecule has 0 aromatic heterocycles. The monoisotopic (exact) mass is 219 g/mol. The van der Waals surface area contributed by atoms with E-state index in [1.807, 2.05) is 12.1 Å². The molecule has 2 rings (SSSR count). The van der Waals surface area contributed by atoms with Crippen LogP contribution < -0.4 is 5.32 Å². The third-order valence-electron chi connectivity index (χ3n) is 3.20. The van der Waals surface area contributed by atoms with Gasteiger partial charge in [-0.3, -0.25) is 0 Å². The number of rotatable bonds is 4. The molecule has 0 unspecified atom stereocenters. The van der Waals surface area contributed by atoms with Crippen molar-refractivity contribution in [1.82, 2.24) is 0 Å². The molecule has 0 spiro atoms. The third kappa shape index (κ3) is 2.75. The summed E-state index contributed by atoms with van der Waals surface area (Å²) in [6, 6.07) is 6.94. The Morgan fingerprint density at radius 1 is 1.25 bits per heavy atom. The fourth-order valence-corrected chi connectivity index (χ4v) is 2.21. The number of carboxylic acids is 1. The normalized spacial score (nSPS) is 16.2. The fraction of sp³-hybridized carbons (Fsp3) is 0.462. The number of aromatic carboxylic acids is 1. The Hall–Kier alpha value is -1.51. The van der Waals surface area contributed by atoms with Crippen LogP contribution >= 0.6 is 0 Å². The fourth-order valence-electron chi connectivity index (χ4n) is 2.21. The van der Waals surface area contributed by atoms with Crippen molar-refractivity contribution in [2.75, 3.05) is 11.9 Å². The molecule has 16 heavy (non-hydrogen) atoms. The minimum Gasteiger partial charge on any atom is -0.478 e. The van der Waals surface area contributed by atoms with Gasteiger partial charge in [-0.25, -0.2) is 4.79 Å². The van der Waals surface area contributed by atoms with Crippen LogP contribution in [0.15, 0.2) is 24.3 Å². The molecular weight excluding hydrogens is 202 g/mol. The lowest BCUT2D eigenvalue weighted by Crippen LogP contribution is -2.10. The van der Waals surface area contributed by atoms with Crippen molar-refractivity contribution >= 4 is 11.7 Å². The van der Waals surface area contributed by atoms with Crippen LogP contribution in [0.1, 0.15) is 36.0 Å². The van der Waals surface area contributed by atoms with Gasteiger partial charge in [0.25, 0.3) is 0 Å². The summed E-state index contributed by atoms with van der Waals surface area (Å²) in [6.45, 7) is 1.01. The lowest BCUT2D eigenvalue weighted by molar-refractivity contribution is 0.0697. The minimum absolute atomic E-state index is 0.339. The summed E-state index contributed by atoms with van der Waals surface area (Å²) >= 11 is 0. The van der Waals surface area contributed by atoms with E-state index in [0.29, 0.717) is 5.56 Å². The van der Waals surface area contributed by atoms with Gasteiger partial charge < -0.3 is 10.4 Å². The first-order valence-corrected chi connectivity index (χ1v) is 5.83. The molecule has 1 aromatic rings. The van der Waals surface area contributed by atoms with Gasteiger partial charge >= 0.3 is 5.97 Å². The minimum atomic E-state index is -0.873. The molecule has 1 aliphatic rings. The molecule has 0 amide bonds. The molecule has 3 heteroatoms. The number of hydrogen-bond acceptors (Lipinski definition) is 2. The Morgan fingerprint density at radius 3 is 2.44 bits per heavy atom. The zero-order valence-electron chi connectivity index (χ0n) is 9.28. The number of hydrogen-bond donors (Lipinski definition) is 2. The average molecular weight is 219 g/mol. The summed E-state index contributed by atoms with van der Waals surface area (Å²) in [5.74, 6) is -0.0820. The van der Waals surface area contributed by atoms with Crippen molar-refractivity contribution in [3.63, 3.8) is 0 Å². The Kier molecular flexibility index (Phi) is 3.44. The molecular formula is C13H17NO2. The van der Waals surface area contributed by atoms with Crippen molar-refractivity contribution in [2.45, 2.75) is 25.7 Å². The number of carboxylic acid groups (broad SMARTS) is 1. The molecule has 3 nitrogen and oxygen atoms in total. The van der Waals surface area contributed by atoms with Gasteiger partial charge in [0, 0.05) is 12.2 Å². The van der Waals surface area contributed by atoms with E-state index >= 15 is 0 Å². The Labute approximate surface area is 95.5 Å². The lowest BCUT2D eigenvalue weighted by atomic mass is 10.1. The second-order valence-corrected chi connectivity index (χ2v) is 4.41. The van der Waals surface area contributed by atoms with Crippen molar-refractivity contribution in [3.05, 3.63) is 29.8 Å². The van der Waals surface area contributed by atoms with Gasteiger partial charge in [-0.05, 0) is 43.0 Å². The zero-order valence-corrected chi connectivity index (χ0v) is 9.28. The predicted octanol–water partition coefficient (Wildman–Crippen LogP) is 2.99. The van der Waals surface area contributed by atoms with E-state index in [-0.39, 0.29) is 0 Å². The number of nitrogens with one attached hydrogen (secondary N) is 1. The first kappa shape index (κ1) is 11.0. The third-order valence-corrected chi connectivity index (χ3v) is 3.20. The molecule has 1 aliphatic carbocycles. The highest BCUT2D eigenvalue weighted by molar-refractivity contribution is 5.87. The highest BCUT2D eigenvalue weighted by Gasteiger charge is 2.14. The summed E-state index contributed by atoms with van der Waals surface area (Å²) in [5, 5.41) is 12.1. The first-order chi connectivity index (χ1) is 7.75. The van der Waals surface area contributed by atoms with Crippen molar-refractivity contribution in [1.29, 1.82) is 0 Å². The Balaban J connectivity index is 1.87. The van der Waals surface area contributed by atoms with Crippen LogP contribution in [0.2, 0.25) is 0 Å². The molecule has 2 N–H and O–H groups in total. The van der Waals surface area contributed by atoms with E-state index in [4.69, 9.17) is 5.11 Å². The van der Waals surface area contributed by atoms with Crippen LogP contribution in [0.3, 0.4) is 0 Å². The largest absolute Gasteiger partial charge is 0.478 e. The lowest BCUT2D eigenvalue weighted by Gasteiger charge is -2.11. The highest BCUT2D eigenvalue weighted by atomic mass is 16.4. The molecule has 86 valence electrons. The zero-order chi connectivity index (χ0) is 11.4. The van der Waals surface area contributed by atoms with E-state index < -0.39 is 5.97 Å². The number of benzene rings is 1. The molecule has 0 saturated heterocycles. The summed E-state index contributed by atoms with van der Waals surface area (Å²) in [4.78, 5) is 10.7. The van der Waals surface area contributed by atoms with Crippen LogP contribution in [0.5, 0.6) is 0 Å². The van der Waals surface area contributed by atoms with Crippen LogP contribution in [-0.2, 0) is 0 Å². The van der Waals surface area contributed by atoms with Crippen molar-refractivity contribution in [2.24, 2.45) is 5.92 Å². The van der Waals surface area contributed by atoms with E-state index in [9.17, 15) is 4.79 Å². The molecule has 0 bridgehead atoms. The standard InChI is InChI=1S/C13H17NO2/c15-13(16)11-5-7-12(8-6-11)14-9-10-3-1-2-4-10/h5-8,10,14H,1-4,9H2,(H,15,16). The summed E-state index contributed by atoms with van der Waals surface area (Å²) in [5.41, 5.74) is 1.35. The SMILES string of the molecule is O=C(O)c1ccc(NCC2CCCC2)cc1. The molecule has 0 heterocycles. The van der Waals surface area contributed by atoms with Crippen LogP contribution in [0, 0.1) is 5.92 Å². The quantitative estimate of drug-likeness (QED) is 0.818. The first-order valence-electron chi connectivity index (χ1n) is 5.83. The van der Waals surface area contributed by atoms with E-state index in [1.54, 1.807) is 12.1 Å². The van der Waals surface area contributed by atoms with Crippen molar-refractivity contribution < 1.29 is 9.90 Å². The topological polar surface area (TPSA) is 49.3 Å². The van der Waals surface area contributed by atoms with Gasteiger partial charge in [0.15, 0.2) is 0 Å². The Morgan fingerprint density at radius 2 is 1.88 bits per heavy atom. The molecule has 1 saturated carbocycles. The van der Waals surface area contributed by atoms with Gasteiger partial charge in [-0.15, -0.1) is 0 Å². The molecule has 1 aromatic carbocycles. The molecule has 1 fully saturated rings. The van der Waals surface area contributed by atoms with Crippen LogP contribution in [-0.4, -0.2) is 17.6 Å². The van der Waals surface area contributed by atoms with Gasteiger partial charge in [0.05, 0.1) is 5.56 Å². The van der Waals surface area contributed by atoms with Gasteiger partial charge in [0.2, 0.25) is 0 Å². The maximum absolute atomic E-state index is 10.7. The van der Waals surface area contributed by atoms with Crippen LogP contribution in [0.25, 0.3) is 0 Å². The summed E-state index contributed by atoms with van der Waals surface area (Å²) < 4.78 is 0. The maximum atomic E-state index is 10.7. The van der Waals surface area contributed by atoms with E-state index in [1.165, 1.54) is 25.7 Å². The second kappa shape index (κ2) is 5.01. The number of anilines is 1. The maximum Gasteiger partial charge on any atom is 0.335 e. The average Bonchev–Trinajstić information content (AvgIpc) is 2.80. The second-order valence-electron chi connectivity index (χ2n) is 4.41. The van der Waals surface area contributed by atoms with Crippen LogP contribution in [0.4, 0.5) is 5.69 Å². The molecule has 0 atom stereocenters. The smallest absolute Gasteiger partial charge is 0.335 e. The Bertz CT molecular complexity index is 353. The van der Waals surface area contributed by atoms with Gasteiger partial charge in [-0.2, -0.15) is 0 Å². The predicted molar refractivity (Wildman–Crippen MR) is 63.8 cm³/mol. The summed E-state index contributed by atoms with van der Waals surface area (Å²) in [6.07, 6.45) is 5.34. The van der Waals surface area contributed by atoms with E-state index in [0.717, 1.165) is 18.2 Å². The number of carbonyl (C=O) groups is 1. The highest BCUT2D eigenvalue weighted by Crippen LogP contribution is 2.24. The molecule has 0 aliphatic heterocycles. The van der Waals surface area contributed by atoms with Gasteiger partial charge in [-0.1, -0.05) is 12.8 Å². The van der Waals surface area contributed by atoms with Gasteiger partial charge in [0.1, 0.15) is 0 Å². The summed E-state index contributed by atoms with van der Waals surface area (Å²) in [7, 11) is 0. The van der Waals surface area contributed by atoms with E-state index in [2.05, 4.69) is 5.32 Å². The molecule has 0 radical (unpaired) electrons. The van der Waals surface area contributed by atoms with Crippen molar-refractivity contribution in [3.8, 4) is 0 Å².